The molecular formula is C38H34N4O4+2. The third-order valence-corrected chi connectivity index (χ3v) is 8.12. The monoisotopic (exact) mass is 610 g/mol. The lowest BCUT2D eigenvalue weighted by molar-refractivity contribution is -0.688. The molecule has 0 atom stereocenters. The average molecular weight is 611 g/mol. The highest BCUT2D eigenvalue weighted by Crippen LogP contribution is 2.37. The zero-order valence-electron chi connectivity index (χ0n) is 25.4. The van der Waals surface area contributed by atoms with Crippen molar-refractivity contribution in [3.05, 3.63) is 168 Å². The number of nitrogens with zero attached hydrogens (tertiary/aromatic N) is 4. The van der Waals surface area contributed by atoms with Gasteiger partial charge in [0.25, 0.3) is 0 Å². The minimum Gasteiger partial charge on any atom is -0.489 e. The van der Waals surface area contributed by atoms with Gasteiger partial charge in [-0.05, 0) is 23.3 Å². The maximum Gasteiger partial charge on any atom is 0.244 e. The van der Waals surface area contributed by atoms with Crippen LogP contribution in [0, 0.1) is 0 Å². The standard InChI is InChI=1S/C38H34N4O4/c43-37-31-13-7-15-33(45-23-21-39-17-19-41(27-39)25-29-9-3-1-4-10-29)35(31)38(44)36-32(37)14-8-16-34(36)46-24-22-40-18-20-42(28-40)26-30-11-5-2-6-12-30/h1-20,27-28H,21-26H2/q+2. The summed E-state index contributed by atoms with van der Waals surface area (Å²) in [5.41, 5.74) is 3.72. The van der Waals surface area contributed by atoms with Crippen LogP contribution in [0.1, 0.15) is 43.0 Å². The summed E-state index contributed by atoms with van der Waals surface area (Å²) in [5.74, 6) is 0.325. The van der Waals surface area contributed by atoms with E-state index in [0.717, 1.165) is 13.1 Å². The van der Waals surface area contributed by atoms with E-state index in [9.17, 15) is 9.59 Å². The zero-order chi connectivity index (χ0) is 31.3. The van der Waals surface area contributed by atoms with Crippen LogP contribution in [0.5, 0.6) is 11.5 Å². The molecule has 6 aromatic rings. The maximum absolute atomic E-state index is 14.0. The first-order valence-electron chi connectivity index (χ1n) is 15.4. The van der Waals surface area contributed by atoms with Crippen molar-refractivity contribution in [3.8, 4) is 11.5 Å². The molecule has 0 saturated heterocycles. The van der Waals surface area contributed by atoms with Crippen molar-refractivity contribution < 1.29 is 28.2 Å². The van der Waals surface area contributed by atoms with Gasteiger partial charge in [-0.3, -0.25) is 9.59 Å². The maximum atomic E-state index is 14.0. The number of ether oxygens (including phenoxy) is 2. The molecule has 0 spiro atoms. The van der Waals surface area contributed by atoms with Crippen LogP contribution < -0.4 is 18.6 Å². The summed E-state index contributed by atoms with van der Waals surface area (Å²) in [7, 11) is 0. The lowest BCUT2D eigenvalue weighted by Crippen LogP contribution is -2.31. The van der Waals surface area contributed by atoms with Crippen LogP contribution in [0.3, 0.4) is 0 Å². The molecule has 0 radical (unpaired) electrons. The molecule has 0 N–H and O–H groups in total. The molecule has 4 aromatic carbocycles. The predicted molar refractivity (Wildman–Crippen MR) is 171 cm³/mol. The topological polar surface area (TPSA) is 70.2 Å². The second kappa shape index (κ2) is 13.1. The molecular weight excluding hydrogens is 576 g/mol. The largest absolute Gasteiger partial charge is 0.489 e. The number of carbonyl (C=O) groups excluding carboxylic acids is 2. The molecule has 0 saturated carbocycles. The molecule has 1 aliphatic rings. The van der Waals surface area contributed by atoms with Crippen molar-refractivity contribution in [1.29, 1.82) is 0 Å². The molecule has 0 unspecified atom stereocenters. The number of aromatic nitrogens is 4. The van der Waals surface area contributed by atoms with Crippen LogP contribution in [-0.2, 0) is 26.2 Å². The Morgan fingerprint density at radius 1 is 0.522 bits per heavy atom. The Bertz CT molecular complexity index is 1850. The summed E-state index contributed by atoms with van der Waals surface area (Å²) >= 11 is 0. The van der Waals surface area contributed by atoms with E-state index in [4.69, 9.17) is 9.47 Å². The van der Waals surface area contributed by atoms with Crippen molar-refractivity contribution in [2.75, 3.05) is 13.2 Å². The van der Waals surface area contributed by atoms with E-state index < -0.39 is 0 Å². The number of fused-ring (bicyclic) bond motifs is 2. The summed E-state index contributed by atoms with van der Waals surface area (Å²) in [6, 6.07) is 31.0. The van der Waals surface area contributed by atoms with E-state index in [1.54, 1.807) is 36.4 Å². The van der Waals surface area contributed by atoms with Gasteiger partial charge in [-0.1, -0.05) is 84.9 Å². The molecule has 8 heteroatoms. The van der Waals surface area contributed by atoms with Crippen LogP contribution in [0.15, 0.2) is 135 Å². The second-order valence-corrected chi connectivity index (χ2v) is 11.3. The quantitative estimate of drug-likeness (QED) is 0.185. The van der Waals surface area contributed by atoms with Crippen molar-refractivity contribution in [3.63, 3.8) is 0 Å². The van der Waals surface area contributed by atoms with E-state index in [1.165, 1.54) is 11.1 Å². The van der Waals surface area contributed by atoms with Crippen molar-refractivity contribution in [2.45, 2.75) is 26.2 Å². The third-order valence-electron chi connectivity index (χ3n) is 8.12. The van der Waals surface area contributed by atoms with Gasteiger partial charge < -0.3 is 9.47 Å². The first kappa shape index (κ1) is 29.0. The number of imidazole rings is 2. The molecule has 7 rings (SSSR count). The van der Waals surface area contributed by atoms with Gasteiger partial charge in [0, 0.05) is 11.1 Å². The van der Waals surface area contributed by atoms with Crippen LogP contribution in [0.25, 0.3) is 0 Å². The number of benzene rings is 4. The van der Waals surface area contributed by atoms with Crippen LogP contribution >= 0.6 is 0 Å². The highest BCUT2D eigenvalue weighted by atomic mass is 16.5. The van der Waals surface area contributed by atoms with Crippen LogP contribution in [-0.4, -0.2) is 33.9 Å². The number of hydrogen-bond acceptors (Lipinski definition) is 4. The number of carbonyl (C=O) groups is 2. The molecule has 46 heavy (non-hydrogen) atoms. The molecule has 0 amide bonds. The number of rotatable bonds is 12. The van der Waals surface area contributed by atoms with Crippen LogP contribution in [0.2, 0.25) is 0 Å². The van der Waals surface area contributed by atoms with Gasteiger partial charge in [-0.2, -0.15) is 0 Å². The highest BCUT2D eigenvalue weighted by Gasteiger charge is 2.34. The average Bonchev–Trinajstić information content (AvgIpc) is 3.73. The Morgan fingerprint density at radius 3 is 1.43 bits per heavy atom. The lowest BCUT2D eigenvalue weighted by Gasteiger charge is -2.22. The Balaban J connectivity index is 1.01. The molecule has 8 nitrogen and oxygen atoms in total. The fraction of sp³-hybridized carbons (Fsp3) is 0.158. The van der Waals surface area contributed by atoms with E-state index in [1.807, 2.05) is 83.0 Å². The van der Waals surface area contributed by atoms with Crippen molar-refractivity contribution in [1.82, 2.24) is 9.13 Å². The molecule has 0 aliphatic heterocycles. The second-order valence-electron chi connectivity index (χ2n) is 11.3. The van der Waals surface area contributed by atoms with Gasteiger partial charge >= 0.3 is 0 Å². The normalized spacial score (nSPS) is 12.1. The number of ketones is 2. The van der Waals surface area contributed by atoms with Gasteiger partial charge in [-0.15, -0.1) is 0 Å². The Hall–Kier alpha value is -5.76. The zero-order valence-corrected chi connectivity index (χ0v) is 25.4. The first-order valence-corrected chi connectivity index (χ1v) is 15.4. The summed E-state index contributed by atoms with van der Waals surface area (Å²) in [4.78, 5) is 27.6. The molecule has 1 aliphatic carbocycles. The van der Waals surface area contributed by atoms with Gasteiger partial charge in [0.15, 0.2) is 5.78 Å². The predicted octanol–water partition coefficient (Wildman–Crippen LogP) is 4.89. The molecule has 2 heterocycles. The molecule has 0 fully saturated rings. The highest BCUT2D eigenvalue weighted by molar-refractivity contribution is 6.30. The molecule has 0 bridgehead atoms. The van der Waals surface area contributed by atoms with E-state index in [-0.39, 0.29) is 22.7 Å². The van der Waals surface area contributed by atoms with E-state index in [2.05, 4.69) is 33.4 Å². The van der Waals surface area contributed by atoms with Gasteiger partial charge in [0.2, 0.25) is 18.4 Å². The van der Waals surface area contributed by atoms with Crippen molar-refractivity contribution in [2.24, 2.45) is 0 Å². The van der Waals surface area contributed by atoms with Crippen molar-refractivity contribution >= 4 is 11.6 Å². The van der Waals surface area contributed by atoms with Gasteiger partial charge in [0.1, 0.15) is 75.7 Å². The minimum atomic E-state index is -0.265. The van der Waals surface area contributed by atoms with Gasteiger partial charge in [0.05, 0.1) is 11.1 Å². The Kier molecular flexibility index (Phi) is 8.24. The Morgan fingerprint density at radius 2 is 0.978 bits per heavy atom. The SMILES string of the molecule is O=C1c2cccc(OCCn3cc[n+](Cc4ccccc4)c3)c2C(=O)c2c(OCCn3cc[n+](Cc4ccccc4)c3)cccc21. The third kappa shape index (κ3) is 6.23. The fourth-order valence-corrected chi connectivity index (χ4v) is 5.86. The van der Waals surface area contributed by atoms with E-state index >= 15 is 0 Å². The fourth-order valence-electron chi connectivity index (χ4n) is 5.86. The smallest absolute Gasteiger partial charge is 0.244 e. The van der Waals surface area contributed by atoms with Crippen LogP contribution in [0.4, 0.5) is 0 Å². The Labute approximate surface area is 267 Å². The summed E-state index contributed by atoms with van der Waals surface area (Å²) in [6.07, 6.45) is 12.1. The minimum absolute atomic E-state index is 0.208. The van der Waals surface area contributed by atoms with E-state index in [0.29, 0.717) is 48.9 Å². The lowest BCUT2D eigenvalue weighted by atomic mass is 9.83. The summed E-state index contributed by atoms with van der Waals surface area (Å²) in [5, 5.41) is 0. The first-order chi connectivity index (χ1) is 22.6. The molecule has 228 valence electrons. The number of hydrogen-bond donors (Lipinski definition) is 0. The summed E-state index contributed by atoms with van der Waals surface area (Å²) < 4.78 is 20.6. The summed E-state index contributed by atoms with van der Waals surface area (Å²) in [6.45, 7) is 3.41. The van der Waals surface area contributed by atoms with Gasteiger partial charge in [-0.25, -0.2) is 18.3 Å². The molecule has 2 aromatic heterocycles.